The van der Waals surface area contributed by atoms with Gasteiger partial charge in [0.1, 0.15) is 5.78 Å². The number of aromatic nitrogens is 1. The number of furan rings is 1. The van der Waals surface area contributed by atoms with Gasteiger partial charge in [-0.3, -0.25) is 14.6 Å². The molecule has 0 spiro atoms. The third-order valence-electron chi connectivity index (χ3n) is 3.91. The molecule has 0 fully saturated rings. The van der Waals surface area contributed by atoms with Crippen molar-refractivity contribution in [3.8, 4) is 0 Å². The zero-order chi connectivity index (χ0) is 17.8. The van der Waals surface area contributed by atoms with Gasteiger partial charge in [-0.25, -0.2) is 0 Å². The number of pyridine rings is 1. The predicted octanol–water partition coefficient (Wildman–Crippen LogP) is 3.76. The van der Waals surface area contributed by atoms with Gasteiger partial charge in [0.15, 0.2) is 5.76 Å². The number of aryl methyl sites for hydroxylation is 1. The van der Waals surface area contributed by atoms with Crippen LogP contribution in [0.1, 0.15) is 40.1 Å². The highest BCUT2D eigenvalue weighted by Gasteiger charge is 2.20. The second-order valence-corrected chi connectivity index (χ2v) is 5.77. The molecule has 2 aromatic heterocycles. The van der Waals surface area contributed by atoms with E-state index < -0.39 is 5.92 Å². The van der Waals surface area contributed by atoms with Crippen molar-refractivity contribution in [1.29, 1.82) is 0 Å². The van der Waals surface area contributed by atoms with Crippen molar-refractivity contribution in [1.82, 2.24) is 4.98 Å². The number of hydrogen-bond donors (Lipinski definition) is 1. The van der Waals surface area contributed by atoms with E-state index in [4.69, 9.17) is 4.42 Å². The topological polar surface area (TPSA) is 72.2 Å². The smallest absolute Gasteiger partial charge is 0.291 e. The van der Waals surface area contributed by atoms with Gasteiger partial charge in [-0.15, -0.1) is 0 Å². The van der Waals surface area contributed by atoms with Crippen molar-refractivity contribution >= 4 is 17.4 Å². The fourth-order valence-corrected chi connectivity index (χ4v) is 2.75. The fraction of sp³-hybridized carbons (Fsp3) is 0.150. The van der Waals surface area contributed by atoms with Crippen molar-refractivity contribution < 1.29 is 14.0 Å². The van der Waals surface area contributed by atoms with Crippen LogP contribution in [0.15, 0.2) is 59.5 Å². The monoisotopic (exact) mass is 333 g/mol. The van der Waals surface area contributed by atoms with Gasteiger partial charge in [0.25, 0.3) is 5.91 Å². The van der Waals surface area contributed by atoms with E-state index in [-0.39, 0.29) is 17.5 Å². The molecule has 0 aliphatic carbocycles. The lowest BCUT2D eigenvalue weighted by Crippen LogP contribution is -2.14. The Morgan fingerprint density at radius 1 is 1.24 bits per heavy atom. The number of Topliss-reactive ketones (excluding diaryl/α,β-unsaturated/α-hetero) is 1. The minimum Gasteiger partial charge on any atom is -0.459 e. The maximum Gasteiger partial charge on any atom is 0.291 e. The summed E-state index contributed by atoms with van der Waals surface area (Å²) in [5, 5.41) is 2.80. The molecule has 0 aliphatic rings. The molecule has 5 heteroatoms. The highest BCUT2D eigenvalue weighted by molar-refractivity contribution is 6.03. The van der Waals surface area contributed by atoms with Crippen molar-refractivity contribution in [2.45, 2.75) is 19.8 Å². The quantitative estimate of drug-likeness (QED) is 0.772. The van der Waals surface area contributed by atoms with E-state index in [1.54, 1.807) is 49.6 Å². The molecule has 3 rings (SSSR count). The molecule has 1 N–H and O–H groups in total. The van der Waals surface area contributed by atoms with Crippen LogP contribution in [-0.2, 0) is 4.79 Å². The van der Waals surface area contributed by atoms with Crippen molar-refractivity contribution in [3.05, 3.63) is 83.6 Å². The molecule has 3 aromatic rings. The van der Waals surface area contributed by atoms with Crippen molar-refractivity contribution in [2.24, 2.45) is 0 Å². The molecule has 1 radical (unpaired) electrons. The van der Waals surface area contributed by atoms with Crippen LogP contribution in [0, 0.1) is 13.0 Å². The summed E-state index contributed by atoms with van der Waals surface area (Å²) in [5.41, 5.74) is 2.90. The lowest BCUT2D eigenvalue weighted by atomic mass is 9.89. The second kappa shape index (κ2) is 7.13. The third kappa shape index (κ3) is 3.66. The van der Waals surface area contributed by atoms with Crippen LogP contribution in [0.25, 0.3) is 0 Å². The van der Waals surface area contributed by atoms with Crippen LogP contribution in [0.2, 0.25) is 0 Å². The lowest BCUT2D eigenvalue weighted by Gasteiger charge is -2.15. The molecule has 0 aliphatic heterocycles. The first kappa shape index (κ1) is 16.6. The van der Waals surface area contributed by atoms with Gasteiger partial charge >= 0.3 is 0 Å². The zero-order valence-corrected chi connectivity index (χ0v) is 13.9. The van der Waals surface area contributed by atoms with Gasteiger partial charge in [0, 0.05) is 29.7 Å². The molecule has 125 valence electrons. The lowest BCUT2D eigenvalue weighted by molar-refractivity contribution is -0.117. The Morgan fingerprint density at radius 3 is 2.72 bits per heavy atom. The van der Waals surface area contributed by atoms with Gasteiger partial charge in [0.05, 0.1) is 12.2 Å². The van der Waals surface area contributed by atoms with Gasteiger partial charge in [0.2, 0.25) is 0 Å². The van der Waals surface area contributed by atoms with Crippen LogP contribution in [-0.4, -0.2) is 16.7 Å². The predicted molar refractivity (Wildman–Crippen MR) is 93.4 cm³/mol. The van der Waals surface area contributed by atoms with Crippen LogP contribution < -0.4 is 5.32 Å². The SMILES string of the molecule is CC(=O)C(c1c[c]cnc1)c1cccc(NC(=O)c2occc2C)c1. The van der Waals surface area contributed by atoms with Crippen LogP contribution in [0.5, 0.6) is 0 Å². The second-order valence-electron chi connectivity index (χ2n) is 5.77. The summed E-state index contributed by atoms with van der Waals surface area (Å²) in [7, 11) is 0. The summed E-state index contributed by atoms with van der Waals surface area (Å²) in [6.45, 7) is 3.34. The minimum atomic E-state index is -0.452. The van der Waals surface area contributed by atoms with Crippen LogP contribution in [0.3, 0.4) is 0 Å². The summed E-state index contributed by atoms with van der Waals surface area (Å²) >= 11 is 0. The fourth-order valence-electron chi connectivity index (χ4n) is 2.75. The Bertz CT molecular complexity index is 900. The van der Waals surface area contributed by atoms with E-state index >= 15 is 0 Å². The van der Waals surface area contributed by atoms with E-state index in [1.165, 1.54) is 13.2 Å². The Morgan fingerprint density at radius 2 is 2.08 bits per heavy atom. The Hall–Kier alpha value is -3.21. The van der Waals surface area contributed by atoms with E-state index in [0.29, 0.717) is 5.69 Å². The third-order valence-corrected chi connectivity index (χ3v) is 3.91. The van der Waals surface area contributed by atoms with E-state index in [2.05, 4.69) is 16.4 Å². The average molecular weight is 333 g/mol. The Balaban J connectivity index is 1.89. The minimum absolute atomic E-state index is 0.00763. The normalized spacial score (nSPS) is 11.8. The molecule has 5 nitrogen and oxygen atoms in total. The largest absolute Gasteiger partial charge is 0.459 e. The highest BCUT2D eigenvalue weighted by Crippen LogP contribution is 2.27. The molecule has 25 heavy (non-hydrogen) atoms. The molecule has 0 saturated heterocycles. The summed E-state index contributed by atoms with van der Waals surface area (Å²) in [4.78, 5) is 28.5. The van der Waals surface area contributed by atoms with Gasteiger partial charge < -0.3 is 9.73 Å². The number of amides is 1. The van der Waals surface area contributed by atoms with Crippen molar-refractivity contribution in [3.63, 3.8) is 0 Å². The number of rotatable bonds is 5. The standard InChI is InChI=1S/C20H17N2O3/c1-13-8-10-25-19(13)20(24)22-17-7-3-5-15(11-17)18(14(2)23)16-6-4-9-21-12-16/h3,5-12,18H,1-2H3,(H,22,24). The van der Waals surface area contributed by atoms with E-state index in [1.807, 2.05) is 6.07 Å². The number of anilines is 1. The van der Waals surface area contributed by atoms with Gasteiger partial charge in [-0.1, -0.05) is 12.1 Å². The summed E-state index contributed by atoms with van der Waals surface area (Å²) < 4.78 is 5.20. The molecule has 2 heterocycles. The maximum absolute atomic E-state index is 12.3. The van der Waals surface area contributed by atoms with Crippen molar-refractivity contribution in [2.75, 3.05) is 5.32 Å². The molecule has 1 atom stereocenters. The molecule has 1 aromatic carbocycles. The van der Waals surface area contributed by atoms with Gasteiger partial charge in [-0.05, 0) is 49.2 Å². The molecular formula is C20H17N2O3. The molecule has 0 saturated carbocycles. The van der Waals surface area contributed by atoms with E-state index in [9.17, 15) is 9.59 Å². The number of ketones is 1. The Labute approximate surface area is 145 Å². The highest BCUT2D eigenvalue weighted by atomic mass is 16.3. The van der Waals surface area contributed by atoms with E-state index in [0.717, 1.165) is 16.7 Å². The summed E-state index contributed by atoms with van der Waals surface area (Å²) in [5.74, 6) is -0.511. The number of carbonyl (C=O) groups is 2. The maximum atomic E-state index is 12.3. The summed E-state index contributed by atoms with van der Waals surface area (Å²) in [6, 6.07) is 13.6. The average Bonchev–Trinajstić information content (AvgIpc) is 3.02. The van der Waals surface area contributed by atoms with Crippen LogP contribution in [0.4, 0.5) is 5.69 Å². The number of hydrogen-bond acceptors (Lipinski definition) is 4. The Kier molecular flexibility index (Phi) is 4.75. The first-order valence-corrected chi connectivity index (χ1v) is 7.83. The number of nitrogens with one attached hydrogen (secondary N) is 1. The number of carbonyl (C=O) groups excluding carboxylic acids is 2. The molecule has 1 unspecified atom stereocenters. The van der Waals surface area contributed by atoms with Crippen LogP contribution >= 0.6 is 0 Å². The first-order chi connectivity index (χ1) is 12.1. The number of nitrogens with zero attached hydrogens (tertiary/aromatic N) is 1. The summed E-state index contributed by atoms with van der Waals surface area (Å²) in [6.07, 6.45) is 4.68. The molecule has 1 amide bonds. The zero-order valence-electron chi connectivity index (χ0n) is 13.9. The first-order valence-electron chi connectivity index (χ1n) is 7.83. The molecular weight excluding hydrogens is 316 g/mol. The van der Waals surface area contributed by atoms with Gasteiger partial charge in [-0.2, -0.15) is 0 Å². The number of benzene rings is 1. The molecule has 0 bridgehead atoms.